The van der Waals surface area contributed by atoms with E-state index < -0.39 is 64.4 Å². The van der Waals surface area contributed by atoms with E-state index in [0.717, 1.165) is 16.8 Å². The van der Waals surface area contributed by atoms with Gasteiger partial charge in [0.25, 0.3) is 11.8 Å². The molecule has 1 aliphatic carbocycles. The number of alkyl halides is 4. The van der Waals surface area contributed by atoms with E-state index in [1.165, 1.54) is 20.8 Å². The molecule has 224 valence electrons. The minimum atomic E-state index is -5.22. The predicted molar refractivity (Wildman–Crippen MR) is 135 cm³/mol. The Hall–Kier alpha value is -2.90. The average Bonchev–Trinajstić information content (AvgIpc) is 3.18. The number of nitrogens with zero attached hydrogens (tertiary/aromatic N) is 2. The molecule has 2 aliphatic heterocycles. The van der Waals surface area contributed by atoms with Crippen molar-refractivity contribution < 1.29 is 41.9 Å². The largest absolute Gasteiger partial charge is 0.471 e. The van der Waals surface area contributed by atoms with Crippen molar-refractivity contribution in [2.75, 3.05) is 19.6 Å². The van der Waals surface area contributed by atoms with Crippen molar-refractivity contribution in [1.82, 2.24) is 26.0 Å². The summed E-state index contributed by atoms with van der Waals surface area (Å²) in [6.45, 7) is 9.43. The molecule has 5 amide bonds. The van der Waals surface area contributed by atoms with Crippen LogP contribution in [0.25, 0.3) is 0 Å². The molecule has 3 fully saturated rings. The van der Waals surface area contributed by atoms with E-state index in [4.69, 9.17) is 11.6 Å². The second-order valence-electron chi connectivity index (χ2n) is 12.3. The molecule has 2 saturated heterocycles. The van der Waals surface area contributed by atoms with Gasteiger partial charge in [0.2, 0.25) is 11.8 Å². The van der Waals surface area contributed by atoms with E-state index in [1.54, 1.807) is 5.32 Å². The van der Waals surface area contributed by atoms with Crippen molar-refractivity contribution in [3.63, 3.8) is 0 Å². The van der Waals surface area contributed by atoms with E-state index in [1.807, 2.05) is 13.8 Å². The first-order chi connectivity index (χ1) is 18.2. The highest BCUT2D eigenvalue weighted by atomic mass is 35.5. The van der Waals surface area contributed by atoms with Gasteiger partial charge in [0.1, 0.15) is 12.1 Å². The van der Waals surface area contributed by atoms with Crippen LogP contribution in [0.4, 0.5) is 13.2 Å². The van der Waals surface area contributed by atoms with Crippen LogP contribution >= 0.6 is 11.6 Å². The van der Waals surface area contributed by atoms with E-state index >= 15 is 0 Å². The lowest BCUT2D eigenvalue weighted by Crippen LogP contribution is -2.62. The number of hydrogen-bond donors (Lipinski definition) is 3. The molecule has 0 bridgehead atoms. The van der Waals surface area contributed by atoms with Crippen LogP contribution in [0.3, 0.4) is 0 Å². The molecule has 40 heavy (non-hydrogen) atoms. The molecule has 6 atom stereocenters. The molecule has 0 radical (unpaired) electrons. The van der Waals surface area contributed by atoms with E-state index in [2.05, 4.69) is 10.7 Å². The Balaban J connectivity index is 1.90. The number of rotatable bonds is 7. The van der Waals surface area contributed by atoms with Gasteiger partial charge in [-0.15, -0.1) is 11.6 Å². The Morgan fingerprint density at radius 2 is 1.77 bits per heavy atom. The molecule has 3 rings (SSSR count). The SMILES string of the molecule is CC(=O)C(Cl)C(=O)N(C[C@@H]1CCNC1=O)NC(=O)[C@@H]1[C@@H]2[C@H](CN1C(=O)[C@@H](NC(=O)C(F)(F)F)C(C)(C)C)C2(C)C. The second kappa shape index (κ2) is 10.8. The predicted octanol–water partition coefficient (Wildman–Crippen LogP) is 0.755. The quantitative estimate of drug-likeness (QED) is 0.226. The summed E-state index contributed by atoms with van der Waals surface area (Å²) in [5.41, 5.74) is 0.896. The Morgan fingerprint density at radius 1 is 1.18 bits per heavy atom. The maximum atomic E-state index is 13.7. The highest BCUT2D eigenvalue weighted by Gasteiger charge is 2.70. The number of hydrazine groups is 1. The van der Waals surface area contributed by atoms with Gasteiger partial charge in [-0.3, -0.25) is 39.2 Å². The number of halogens is 4. The van der Waals surface area contributed by atoms with Crippen LogP contribution in [0, 0.1) is 28.6 Å². The van der Waals surface area contributed by atoms with Gasteiger partial charge in [-0.25, -0.2) is 0 Å². The van der Waals surface area contributed by atoms with Crippen LogP contribution in [0.1, 0.15) is 48.0 Å². The maximum absolute atomic E-state index is 13.7. The first-order valence-corrected chi connectivity index (χ1v) is 13.4. The lowest BCUT2D eigenvalue weighted by atomic mass is 9.85. The van der Waals surface area contributed by atoms with Crippen molar-refractivity contribution in [2.45, 2.75) is 71.6 Å². The number of hydrogen-bond acceptors (Lipinski definition) is 6. The molecule has 0 aromatic heterocycles. The number of amides is 5. The monoisotopic (exact) mass is 593 g/mol. The van der Waals surface area contributed by atoms with Gasteiger partial charge in [-0.1, -0.05) is 34.6 Å². The van der Waals surface area contributed by atoms with Crippen molar-refractivity contribution in [1.29, 1.82) is 0 Å². The number of piperidine rings is 1. The third kappa shape index (κ3) is 6.21. The molecule has 0 spiro atoms. The lowest BCUT2D eigenvalue weighted by Gasteiger charge is -2.38. The fraction of sp³-hybridized carbons (Fsp3) is 0.760. The maximum Gasteiger partial charge on any atom is 0.471 e. The Labute approximate surface area is 234 Å². The number of ketones is 1. The summed E-state index contributed by atoms with van der Waals surface area (Å²) < 4.78 is 39.1. The number of nitrogens with one attached hydrogen (secondary N) is 3. The van der Waals surface area contributed by atoms with Crippen LogP contribution in [-0.4, -0.2) is 88.5 Å². The number of fused-ring (bicyclic) bond motifs is 1. The van der Waals surface area contributed by atoms with Crippen LogP contribution in [0.5, 0.6) is 0 Å². The van der Waals surface area contributed by atoms with Gasteiger partial charge in [0.15, 0.2) is 11.2 Å². The summed E-state index contributed by atoms with van der Waals surface area (Å²) in [7, 11) is 0. The molecule has 3 N–H and O–H groups in total. The van der Waals surface area contributed by atoms with Crippen LogP contribution in [0.2, 0.25) is 0 Å². The molecule has 11 nitrogen and oxygen atoms in total. The molecule has 2 heterocycles. The van der Waals surface area contributed by atoms with E-state index in [0.29, 0.717) is 13.0 Å². The van der Waals surface area contributed by atoms with Crippen molar-refractivity contribution in [3.05, 3.63) is 0 Å². The summed E-state index contributed by atoms with van der Waals surface area (Å²) in [5.74, 6) is -7.21. The second-order valence-corrected chi connectivity index (χ2v) is 12.8. The fourth-order valence-corrected chi connectivity index (χ4v) is 5.70. The first kappa shape index (κ1) is 31.6. The van der Waals surface area contributed by atoms with Crippen LogP contribution in [0.15, 0.2) is 0 Å². The topological polar surface area (TPSA) is 145 Å². The van der Waals surface area contributed by atoms with Gasteiger partial charge in [-0.05, 0) is 36.0 Å². The molecular weight excluding hydrogens is 559 g/mol. The van der Waals surface area contributed by atoms with Crippen molar-refractivity contribution in [2.24, 2.45) is 28.6 Å². The third-order valence-electron chi connectivity index (χ3n) is 8.06. The summed E-state index contributed by atoms with van der Waals surface area (Å²) >= 11 is 5.97. The molecule has 0 aromatic carbocycles. The standard InChI is InChI=1S/C25H35ClF3N5O6/c1-11(35)15(26)20(38)34(9-12-7-8-30-18(12)36)32-19(37)16-14-13(24(14,5)6)10-33(16)21(39)17(23(2,3)4)31-22(40)25(27,28)29/h12-17H,7-10H2,1-6H3,(H,30,36)(H,31,40)(H,32,37)/t12-,13-,14-,15?,16-,17+/m0/s1. The fourth-order valence-electron chi connectivity index (χ4n) is 5.58. The Bertz CT molecular complexity index is 1110. The van der Waals surface area contributed by atoms with Gasteiger partial charge in [0.05, 0.1) is 12.5 Å². The number of carbonyl (C=O) groups excluding carboxylic acids is 6. The van der Waals surface area contributed by atoms with Crippen molar-refractivity contribution in [3.8, 4) is 0 Å². The van der Waals surface area contributed by atoms with Crippen molar-refractivity contribution >= 4 is 46.9 Å². The smallest absolute Gasteiger partial charge is 0.356 e. The number of likely N-dealkylation sites (tertiary alicyclic amines) is 1. The summed E-state index contributed by atoms with van der Waals surface area (Å²) in [6, 6.07) is -2.80. The van der Waals surface area contributed by atoms with Crippen LogP contribution < -0.4 is 16.1 Å². The highest BCUT2D eigenvalue weighted by Crippen LogP contribution is 2.65. The lowest BCUT2D eigenvalue weighted by molar-refractivity contribution is -0.176. The Morgan fingerprint density at radius 3 is 2.25 bits per heavy atom. The molecule has 15 heteroatoms. The number of carbonyl (C=O) groups is 6. The zero-order chi connectivity index (χ0) is 30.5. The van der Waals surface area contributed by atoms with Crippen LogP contribution in [-0.2, 0) is 28.8 Å². The summed E-state index contributed by atoms with van der Waals surface area (Å²) in [5, 5.41) is 3.55. The normalized spacial score (nSPS) is 26.8. The highest BCUT2D eigenvalue weighted by molar-refractivity contribution is 6.41. The van der Waals surface area contributed by atoms with Gasteiger partial charge < -0.3 is 15.5 Å². The van der Waals surface area contributed by atoms with E-state index in [9.17, 15) is 41.9 Å². The zero-order valence-electron chi connectivity index (χ0n) is 23.1. The summed E-state index contributed by atoms with van der Waals surface area (Å²) in [4.78, 5) is 77.2. The first-order valence-electron chi connectivity index (χ1n) is 12.9. The third-order valence-corrected chi connectivity index (χ3v) is 8.55. The van der Waals surface area contributed by atoms with Gasteiger partial charge >= 0.3 is 12.1 Å². The zero-order valence-corrected chi connectivity index (χ0v) is 23.9. The summed E-state index contributed by atoms with van der Waals surface area (Å²) in [6.07, 6.45) is -4.86. The average molecular weight is 594 g/mol. The van der Waals surface area contributed by atoms with Gasteiger partial charge in [0, 0.05) is 13.1 Å². The molecule has 1 saturated carbocycles. The Kier molecular flexibility index (Phi) is 8.56. The number of Topliss-reactive ketones (excluding diaryl/α,β-unsaturated/α-hetero) is 1. The minimum absolute atomic E-state index is 0.0492. The van der Waals surface area contributed by atoms with Gasteiger partial charge in [-0.2, -0.15) is 13.2 Å². The molecule has 0 aromatic rings. The molecular formula is C25H35ClF3N5O6. The minimum Gasteiger partial charge on any atom is -0.356 e. The molecule has 1 unspecified atom stereocenters. The van der Waals surface area contributed by atoms with E-state index in [-0.39, 0.29) is 36.2 Å². The molecule has 3 aliphatic rings.